The predicted molar refractivity (Wildman–Crippen MR) is 67.8 cm³/mol. The van der Waals surface area contributed by atoms with Gasteiger partial charge in [-0.3, -0.25) is 4.79 Å². The zero-order valence-corrected chi connectivity index (χ0v) is 10.5. The molecule has 0 aliphatic rings. The predicted octanol–water partition coefficient (Wildman–Crippen LogP) is 0.966. The Bertz CT molecular complexity index is 541. The lowest BCUT2D eigenvalue weighted by atomic mass is 10.1. The summed E-state index contributed by atoms with van der Waals surface area (Å²) in [5, 5.41) is 26.9. The van der Waals surface area contributed by atoms with E-state index in [1.807, 2.05) is 6.07 Å². The molecule has 2 rings (SSSR count). The Labute approximate surface area is 109 Å². The first-order valence-corrected chi connectivity index (χ1v) is 6.27. The molecule has 0 aliphatic carbocycles. The Morgan fingerprint density at radius 3 is 2.95 bits per heavy atom. The van der Waals surface area contributed by atoms with Crippen molar-refractivity contribution in [3.63, 3.8) is 0 Å². The maximum absolute atomic E-state index is 10.3. The van der Waals surface area contributed by atoms with Crippen molar-refractivity contribution in [3.8, 4) is 0 Å². The van der Waals surface area contributed by atoms with Gasteiger partial charge in [-0.15, -0.1) is 14.8 Å². The molecule has 8 nitrogen and oxygen atoms in total. The number of aliphatic carboxylic acids is 1. The second-order valence-electron chi connectivity index (χ2n) is 4.23. The maximum Gasteiger partial charge on any atom is 0.303 e. The van der Waals surface area contributed by atoms with E-state index in [1.54, 1.807) is 6.07 Å². The molecule has 2 N–H and O–H groups in total. The molecule has 0 aliphatic heterocycles. The molecule has 0 atom stereocenters. The summed E-state index contributed by atoms with van der Waals surface area (Å²) in [7, 11) is 0. The molecule has 102 valence electrons. The van der Waals surface area contributed by atoms with E-state index in [-0.39, 0.29) is 6.42 Å². The van der Waals surface area contributed by atoms with Crippen molar-refractivity contribution in [2.45, 2.75) is 32.1 Å². The number of rotatable bonds is 8. The molecule has 0 radical (unpaired) electrons. The topological polar surface area (TPSA) is 105 Å². The van der Waals surface area contributed by atoms with Crippen molar-refractivity contribution >= 4 is 17.4 Å². The van der Waals surface area contributed by atoms with Crippen molar-refractivity contribution in [1.29, 1.82) is 0 Å². The molecular formula is C11H16N6O2. The highest BCUT2D eigenvalue weighted by Gasteiger charge is 2.00. The number of carboxylic acids is 1. The molecule has 2 aromatic heterocycles. The number of fused-ring (bicyclic) bond motifs is 1. The van der Waals surface area contributed by atoms with Gasteiger partial charge in [0.2, 0.25) is 0 Å². The summed E-state index contributed by atoms with van der Waals surface area (Å²) in [6.07, 6.45) is 3.92. The van der Waals surface area contributed by atoms with Gasteiger partial charge in [0.05, 0.1) is 0 Å². The molecule has 0 bridgehead atoms. The molecule has 8 heteroatoms. The Balaban J connectivity index is 1.64. The van der Waals surface area contributed by atoms with Crippen molar-refractivity contribution in [2.24, 2.45) is 0 Å². The molecule has 0 saturated carbocycles. The quantitative estimate of drug-likeness (QED) is 0.684. The van der Waals surface area contributed by atoms with Crippen LogP contribution in [0.5, 0.6) is 0 Å². The van der Waals surface area contributed by atoms with Gasteiger partial charge >= 0.3 is 5.97 Å². The van der Waals surface area contributed by atoms with Gasteiger partial charge in [0.15, 0.2) is 5.65 Å². The normalized spacial score (nSPS) is 10.7. The average molecular weight is 264 g/mol. The number of unbranched alkanes of at least 4 members (excludes halogenated alkanes) is 3. The van der Waals surface area contributed by atoms with Gasteiger partial charge in [-0.05, 0) is 35.4 Å². The summed E-state index contributed by atoms with van der Waals surface area (Å²) in [5.74, 6) is 0.00223. The molecule has 19 heavy (non-hydrogen) atoms. The van der Waals surface area contributed by atoms with Crippen LogP contribution in [-0.2, 0) is 4.79 Å². The zero-order chi connectivity index (χ0) is 13.5. The third-order valence-corrected chi connectivity index (χ3v) is 2.69. The van der Waals surface area contributed by atoms with E-state index < -0.39 is 5.97 Å². The Morgan fingerprint density at radius 1 is 1.26 bits per heavy atom. The number of carbonyl (C=O) groups is 1. The summed E-state index contributed by atoms with van der Waals surface area (Å²) in [6.45, 7) is 0.799. The molecule has 0 unspecified atom stereocenters. The van der Waals surface area contributed by atoms with Crippen LogP contribution in [0.2, 0.25) is 0 Å². The van der Waals surface area contributed by atoms with Crippen molar-refractivity contribution in [2.75, 3.05) is 11.9 Å². The van der Waals surface area contributed by atoms with Crippen LogP contribution in [0, 0.1) is 0 Å². The summed E-state index contributed by atoms with van der Waals surface area (Å²) in [6, 6.07) is 3.62. The fourth-order valence-corrected chi connectivity index (χ4v) is 1.72. The fraction of sp³-hybridized carbons (Fsp3) is 0.545. The van der Waals surface area contributed by atoms with E-state index in [9.17, 15) is 4.79 Å². The second kappa shape index (κ2) is 6.62. The van der Waals surface area contributed by atoms with Gasteiger partial charge in [-0.2, -0.15) is 0 Å². The van der Waals surface area contributed by atoms with Crippen LogP contribution in [0.3, 0.4) is 0 Å². The van der Waals surface area contributed by atoms with Crippen LogP contribution in [0.25, 0.3) is 5.65 Å². The standard InChI is InChI=1S/C11H16N6O2/c18-11(19)5-3-1-2-4-8-12-9-6-7-10-13-15-16-17(10)14-9/h6-7H,1-5,8H2,(H,12,14)(H,18,19). The van der Waals surface area contributed by atoms with Crippen molar-refractivity contribution < 1.29 is 9.90 Å². The fourth-order valence-electron chi connectivity index (χ4n) is 1.72. The molecule has 0 fully saturated rings. The number of nitrogens with one attached hydrogen (secondary N) is 1. The van der Waals surface area contributed by atoms with Crippen LogP contribution >= 0.6 is 0 Å². The average Bonchev–Trinajstić information content (AvgIpc) is 2.84. The van der Waals surface area contributed by atoms with Crippen LogP contribution in [0.15, 0.2) is 12.1 Å². The minimum atomic E-state index is -0.725. The van der Waals surface area contributed by atoms with Crippen molar-refractivity contribution in [1.82, 2.24) is 25.3 Å². The number of aromatic nitrogens is 5. The number of hydrogen-bond donors (Lipinski definition) is 2. The monoisotopic (exact) mass is 264 g/mol. The lowest BCUT2D eigenvalue weighted by Crippen LogP contribution is -2.06. The van der Waals surface area contributed by atoms with Crippen LogP contribution in [-0.4, -0.2) is 42.9 Å². The number of carboxylic acid groups (broad SMARTS) is 1. The van der Waals surface area contributed by atoms with Gasteiger partial charge in [0, 0.05) is 13.0 Å². The molecule has 2 aromatic rings. The minimum absolute atomic E-state index is 0.255. The van der Waals surface area contributed by atoms with E-state index >= 15 is 0 Å². The summed E-state index contributed by atoms with van der Waals surface area (Å²) in [5.41, 5.74) is 0.610. The smallest absolute Gasteiger partial charge is 0.303 e. The SMILES string of the molecule is O=C(O)CCCCCCNc1ccc2nnnn2n1. The minimum Gasteiger partial charge on any atom is -0.481 e. The van der Waals surface area contributed by atoms with E-state index in [1.165, 1.54) is 4.63 Å². The highest BCUT2D eigenvalue weighted by atomic mass is 16.4. The molecule has 0 saturated heterocycles. The largest absolute Gasteiger partial charge is 0.481 e. The molecule has 0 amide bonds. The van der Waals surface area contributed by atoms with Crippen LogP contribution < -0.4 is 5.32 Å². The molecule has 0 spiro atoms. The third kappa shape index (κ3) is 4.16. The van der Waals surface area contributed by atoms with E-state index in [2.05, 4.69) is 25.9 Å². The van der Waals surface area contributed by atoms with Crippen molar-refractivity contribution in [3.05, 3.63) is 12.1 Å². The summed E-state index contributed by atoms with van der Waals surface area (Å²) >= 11 is 0. The third-order valence-electron chi connectivity index (χ3n) is 2.69. The highest BCUT2D eigenvalue weighted by Crippen LogP contribution is 2.06. The van der Waals surface area contributed by atoms with Gasteiger partial charge in [0.25, 0.3) is 0 Å². The van der Waals surface area contributed by atoms with Gasteiger partial charge < -0.3 is 10.4 Å². The molecule has 0 aromatic carbocycles. The van der Waals surface area contributed by atoms with Crippen LogP contribution in [0.1, 0.15) is 32.1 Å². The summed E-state index contributed by atoms with van der Waals surface area (Å²) in [4.78, 5) is 10.3. The molecular weight excluding hydrogens is 248 g/mol. The number of anilines is 1. The van der Waals surface area contributed by atoms with Gasteiger partial charge in [-0.25, -0.2) is 0 Å². The number of hydrogen-bond acceptors (Lipinski definition) is 6. The Morgan fingerprint density at radius 2 is 2.11 bits per heavy atom. The first-order chi connectivity index (χ1) is 9.25. The van der Waals surface area contributed by atoms with Crippen LogP contribution in [0.4, 0.5) is 5.82 Å². The second-order valence-corrected chi connectivity index (χ2v) is 4.23. The Hall–Kier alpha value is -2.25. The first-order valence-electron chi connectivity index (χ1n) is 6.27. The van der Waals surface area contributed by atoms with Gasteiger partial charge in [-0.1, -0.05) is 12.8 Å². The maximum atomic E-state index is 10.3. The molecule has 2 heterocycles. The van der Waals surface area contributed by atoms with E-state index in [0.717, 1.165) is 38.0 Å². The highest BCUT2D eigenvalue weighted by molar-refractivity contribution is 5.66. The lowest BCUT2D eigenvalue weighted by molar-refractivity contribution is -0.137. The lowest BCUT2D eigenvalue weighted by Gasteiger charge is -2.04. The number of tetrazole rings is 1. The Kier molecular flexibility index (Phi) is 4.60. The van der Waals surface area contributed by atoms with E-state index in [0.29, 0.717) is 5.65 Å². The summed E-state index contributed by atoms with van der Waals surface area (Å²) < 4.78 is 1.37. The first kappa shape index (κ1) is 13.2. The number of nitrogens with zero attached hydrogens (tertiary/aromatic N) is 5. The van der Waals surface area contributed by atoms with Gasteiger partial charge in [0.1, 0.15) is 5.82 Å². The van der Waals surface area contributed by atoms with E-state index in [4.69, 9.17) is 5.11 Å². The zero-order valence-electron chi connectivity index (χ0n) is 10.5.